The quantitative estimate of drug-likeness (QED) is 0.504. The number of nitrogens with zero attached hydrogens (tertiary/aromatic N) is 5. The summed E-state index contributed by atoms with van der Waals surface area (Å²) < 4.78 is 7.52. The molecule has 0 N–H and O–H groups in total. The van der Waals surface area contributed by atoms with Crippen LogP contribution in [0.25, 0.3) is 5.69 Å². The first-order chi connectivity index (χ1) is 15.3. The van der Waals surface area contributed by atoms with E-state index in [1.165, 1.54) is 11.8 Å². The van der Waals surface area contributed by atoms with E-state index in [0.717, 1.165) is 48.7 Å². The number of rotatable bonds is 8. The van der Waals surface area contributed by atoms with Crippen molar-refractivity contribution in [3.05, 3.63) is 66.5 Å². The second-order valence-corrected chi connectivity index (χ2v) is 8.16. The molecule has 0 spiro atoms. The predicted molar refractivity (Wildman–Crippen MR) is 123 cm³/mol. The van der Waals surface area contributed by atoms with Crippen LogP contribution in [0.4, 0.5) is 5.69 Å². The molecule has 8 heteroatoms. The Balaban J connectivity index is 1.53. The number of ether oxygens (including phenoxy) is 1. The van der Waals surface area contributed by atoms with Crippen LogP contribution < -0.4 is 4.90 Å². The summed E-state index contributed by atoms with van der Waals surface area (Å²) in [5, 5.41) is 9.64. The lowest BCUT2D eigenvalue weighted by Gasteiger charge is -2.26. The standard InChI is InChI=1S/C23H27N5O2S/c1-2-27(19-9-5-3-6-10-19)22(29)18-31-23-25-24-21(17-26-13-15-30-16-14-26)28(23)20-11-7-4-8-12-20/h3-12H,2,13-18H2,1H3. The molecular weight excluding hydrogens is 410 g/mol. The fraction of sp³-hybridized carbons (Fsp3) is 0.348. The molecule has 7 nitrogen and oxygen atoms in total. The fourth-order valence-corrected chi connectivity index (χ4v) is 4.45. The highest BCUT2D eigenvalue weighted by Gasteiger charge is 2.21. The maximum Gasteiger partial charge on any atom is 0.237 e. The molecule has 1 saturated heterocycles. The molecule has 162 valence electrons. The average Bonchev–Trinajstić information content (AvgIpc) is 3.22. The Hall–Kier alpha value is -2.68. The van der Waals surface area contributed by atoms with Gasteiger partial charge in [0.05, 0.1) is 25.5 Å². The topological polar surface area (TPSA) is 63.5 Å². The van der Waals surface area contributed by atoms with Crippen LogP contribution in [0, 0.1) is 0 Å². The van der Waals surface area contributed by atoms with Crippen LogP contribution in [0.3, 0.4) is 0 Å². The van der Waals surface area contributed by atoms with Crippen molar-refractivity contribution in [2.75, 3.05) is 43.5 Å². The molecule has 0 atom stereocenters. The zero-order valence-corrected chi connectivity index (χ0v) is 18.5. The Kier molecular flexibility index (Phi) is 7.35. The third-order valence-electron chi connectivity index (χ3n) is 5.19. The first kappa shape index (κ1) is 21.5. The molecule has 0 unspecified atom stereocenters. The van der Waals surface area contributed by atoms with E-state index in [1.54, 1.807) is 4.90 Å². The van der Waals surface area contributed by atoms with Crippen molar-refractivity contribution in [1.82, 2.24) is 19.7 Å². The number of thioether (sulfide) groups is 1. The average molecular weight is 438 g/mol. The van der Waals surface area contributed by atoms with Crippen LogP contribution in [-0.4, -0.2) is 64.2 Å². The minimum Gasteiger partial charge on any atom is -0.379 e. The summed E-state index contributed by atoms with van der Waals surface area (Å²) >= 11 is 1.43. The lowest BCUT2D eigenvalue weighted by molar-refractivity contribution is -0.116. The van der Waals surface area contributed by atoms with Crippen molar-refractivity contribution in [2.45, 2.75) is 18.6 Å². The van der Waals surface area contributed by atoms with Crippen LogP contribution in [0.2, 0.25) is 0 Å². The van der Waals surface area contributed by atoms with Gasteiger partial charge < -0.3 is 9.64 Å². The van der Waals surface area contributed by atoms with E-state index in [2.05, 4.69) is 19.7 Å². The van der Waals surface area contributed by atoms with Crippen LogP contribution in [0.1, 0.15) is 12.7 Å². The third-order valence-corrected chi connectivity index (χ3v) is 6.11. The zero-order chi connectivity index (χ0) is 21.5. The molecule has 1 aliphatic rings. The van der Waals surface area contributed by atoms with Crippen molar-refractivity contribution < 1.29 is 9.53 Å². The summed E-state index contributed by atoms with van der Waals surface area (Å²) in [6.45, 7) is 6.55. The van der Waals surface area contributed by atoms with Crippen molar-refractivity contribution >= 4 is 23.4 Å². The molecule has 4 rings (SSSR count). The van der Waals surface area contributed by atoms with Crippen LogP contribution in [0.5, 0.6) is 0 Å². The SMILES string of the molecule is CCN(C(=O)CSc1nnc(CN2CCOCC2)n1-c1ccccc1)c1ccccc1. The largest absolute Gasteiger partial charge is 0.379 e. The summed E-state index contributed by atoms with van der Waals surface area (Å²) in [4.78, 5) is 17.1. The molecule has 1 fully saturated rings. The molecule has 0 radical (unpaired) electrons. The van der Waals surface area contributed by atoms with Gasteiger partial charge in [0.25, 0.3) is 0 Å². The molecule has 0 aliphatic carbocycles. The van der Waals surface area contributed by atoms with Gasteiger partial charge in [0, 0.05) is 31.0 Å². The second-order valence-electron chi connectivity index (χ2n) is 7.22. The number of hydrogen-bond acceptors (Lipinski definition) is 6. The summed E-state index contributed by atoms with van der Waals surface area (Å²) in [7, 11) is 0. The number of morpholine rings is 1. The van der Waals surface area contributed by atoms with Crippen molar-refractivity contribution in [1.29, 1.82) is 0 Å². The number of hydrogen-bond donors (Lipinski definition) is 0. The van der Waals surface area contributed by atoms with Gasteiger partial charge in [0.1, 0.15) is 0 Å². The van der Waals surface area contributed by atoms with Crippen LogP contribution in [-0.2, 0) is 16.1 Å². The minimum absolute atomic E-state index is 0.0519. The highest BCUT2D eigenvalue weighted by molar-refractivity contribution is 7.99. The van der Waals surface area contributed by atoms with Crippen molar-refractivity contribution in [3.63, 3.8) is 0 Å². The summed E-state index contributed by atoms with van der Waals surface area (Å²) in [6, 6.07) is 19.8. The lowest BCUT2D eigenvalue weighted by atomic mass is 10.3. The van der Waals surface area contributed by atoms with Gasteiger partial charge in [-0.05, 0) is 31.2 Å². The highest BCUT2D eigenvalue weighted by Crippen LogP contribution is 2.24. The first-order valence-corrected chi connectivity index (χ1v) is 11.5. The van der Waals surface area contributed by atoms with Crippen molar-refractivity contribution in [3.8, 4) is 5.69 Å². The van der Waals surface area contributed by atoms with Gasteiger partial charge in [-0.1, -0.05) is 48.2 Å². The van der Waals surface area contributed by atoms with E-state index in [1.807, 2.05) is 67.6 Å². The fourth-order valence-electron chi connectivity index (χ4n) is 3.61. The van der Waals surface area contributed by atoms with E-state index in [-0.39, 0.29) is 5.91 Å². The van der Waals surface area contributed by atoms with Gasteiger partial charge in [0.15, 0.2) is 11.0 Å². The molecule has 2 aromatic carbocycles. The van der Waals surface area contributed by atoms with Crippen molar-refractivity contribution in [2.24, 2.45) is 0 Å². The van der Waals surface area contributed by atoms with Gasteiger partial charge >= 0.3 is 0 Å². The molecule has 1 aliphatic heterocycles. The lowest BCUT2D eigenvalue weighted by Crippen LogP contribution is -2.36. The smallest absolute Gasteiger partial charge is 0.237 e. The normalized spacial score (nSPS) is 14.5. The Morgan fingerprint density at radius 2 is 1.71 bits per heavy atom. The number of carbonyl (C=O) groups is 1. The van der Waals surface area contributed by atoms with Gasteiger partial charge in [-0.25, -0.2) is 0 Å². The number of anilines is 1. The molecule has 3 aromatic rings. The second kappa shape index (κ2) is 10.6. The number of benzene rings is 2. The molecule has 0 bridgehead atoms. The first-order valence-electron chi connectivity index (χ1n) is 10.5. The Labute approximate surface area is 187 Å². The molecule has 1 aromatic heterocycles. The van der Waals surface area contributed by atoms with Crippen LogP contribution in [0.15, 0.2) is 65.8 Å². The summed E-state index contributed by atoms with van der Waals surface area (Å²) in [6.07, 6.45) is 0. The molecule has 1 amide bonds. The monoisotopic (exact) mass is 437 g/mol. The predicted octanol–water partition coefficient (Wildman–Crippen LogP) is 3.24. The van der Waals surface area contributed by atoms with E-state index < -0.39 is 0 Å². The maximum absolute atomic E-state index is 12.9. The molecule has 0 saturated carbocycles. The van der Waals surface area contributed by atoms with E-state index >= 15 is 0 Å². The highest BCUT2D eigenvalue weighted by atomic mass is 32.2. The number of aromatic nitrogens is 3. The third kappa shape index (κ3) is 5.33. The minimum atomic E-state index is 0.0519. The van der Waals surface area contributed by atoms with E-state index in [4.69, 9.17) is 4.74 Å². The summed E-state index contributed by atoms with van der Waals surface area (Å²) in [5.41, 5.74) is 1.91. The zero-order valence-electron chi connectivity index (χ0n) is 17.7. The van der Waals surface area contributed by atoms with E-state index in [0.29, 0.717) is 18.8 Å². The number of para-hydroxylation sites is 2. The van der Waals surface area contributed by atoms with Crippen LogP contribution >= 0.6 is 11.8 Å². The van der Waals surface area contributed by atoms with Gasteiger partial charge in [-0.3, -0.25) is 14.3 Å². The molecule has 2 heterocycles. The Bertz CT molecular complexity index is 974. The van der Waals surface area contributed by atoms with E-state index in [9.17, 15) is 4.79 Å². The number of amides is 1. The Morgan fingerprint density at radius 1 is 1.03 bits per heavy atom. The van der Waals surface area contributed by atoms with Gasteiger partial charge in [-0.15, -0.1) is 10.2 Å². The van der Waals surface area contributed by atoms with Gasteiger partial charge in [0.2, 0.25) is 5.91 Å². The molecule has 31 heavy (non-hydrogen) atoms. The molecular formula is C23H27N5O2S. The maximum atomic E-state index is 12.9. The Morgan fingerprint density at radius 3 is 2.39 bits per heavy atom. The number of carbonyl (C=O) groups excluding carboxylic acids is 1. The van der Waals surface area contributed by atoms with Gasteiger partial charge in [-0.2, -0.15) is 0 Å². The summed E-state index contributed by atoms with van der Waals surface area (Å²) in [5.74, 6) is 1.22.